The maximum absolute atomic E-state index is 12.0. The first-order valence-electron chi connectivity index (χ1n) is 5.29. The zero-order valence-corrected chi connectivity index (χ0v) is 10.3. The van der Waals surface area contributed by atoms with Crippen LogP contribution in [0.2, 0.25) is 0 Å². The summed E-state index contributed by atoms with van der Waals surface area (Å²) in [7, 11) is -1.30. The topological polar surface area (TPSA) is 44.0 Å². The normalized spacial score (nSPS) is 12.3. The molecule has 0 aliphatic heterocycles. The van der Waals surface area contributed by atoms with Crippen molar-refractivity contribution in [2.45, 2.75) is 17.7 Å². The molecule has 1 aromatic carbocycles. The lowest BCUT2D eigenvalue weighted by Crippen LogP contribution is -2.31. The van der Waals surface area contributed by atoms with Gasteiger partial charge in [0.25, 0.3) is 5.03 Å². The Morgan fingerprint density at radius 2 is 1.88 bits per heavy atom. The maximum Gasteiger partial charge on any atom is 0.281 e. The molecule has 0 N–H and O–H groups in total. The van der Waals surface area contributed by atoms with Crippen LogP contribution in [0.3, 0.4) is 0 Å². The lowest BCUT2D eigenvalue weighted by Gasteiger charge is -2.04. The second kappa shape index (κ2) is 5.10. The van der Waals surface area contributed by atoms with Crippen LogP contribution >= 0.6 is 0 Å². The Morgan fingerprint density at radius 1 is 1.18 bits per heavy atom. The third-order valence-corrected chi connectivity index (χ3v) is 3.82. The van der Waals surface area contributed by atoms with Crippen molar-refractivity contribution in [1.29, 1.82) is 0 Å². The van der Waals surface area contributed by atoms with E-state index in [1.807, 2.05) is 31.2 Å². The van der Waals surface area contributed by atoms with Gasteiger partial charge in [0.2, 0.25) is 0 Å². The van der Waals surface area contributed by atoms with Crippen molar-refractivity contribution in [3.63, 3.8) is 0 Å². The molecule has 1 aromatic heterocycles. The van der Waals surface area contributed by atoms with Gasteiger partial charge in [0.05, 0.1) is 5.75 Å². The molecule has 0 bridgehead atoms. The van der Waals surface area contributed by atoms with E-state index in [-0.39, 0.29) is 0 Å². The molecule has 0 saturated carbocycles. The Hall–Kier alpha value is -1.68. The summed E-state index contributed by atoms with van der Waals surface area (Å²) >= 11 is 0. The number of rotatable bonds is 3. The van der Waals surface area contributed by atoms with Gasteiger partial charge in [-0.25, -0.2) is 4.21 Å². The number of pyridine rings is 1. The molecule has 88 valence electrons. The summed E-state index contributed by atoms with van der Waals surface area (Å²) in [5.74, 6) is 0.368. The fourth-order valence-electron chi connectivity index (χ4n) is 1.50. The smallest absolute Gasteiger partial charge is 0.281 e. The molecule has 0 radical (unpaired) electrons. The quantitative estimate of drug-likeness (QED) is 0.614. The molecule has 0 fully saturated rings. The van der Waals surface area contributed by atoms with Crippen molar-refractivity contribution in [2.75, 3.05) is 0 Å². The lowest BCUT2D eigenvalue weighted by molar-refractivity contribution is -0.646. The van der Waals surface area contributed by atoms with Gasteiger partial charge in [-0.1, -0.05) is 29.8 Å². The van der Waals surface area contributed by atoms with Crippen LogP contribution in [0.5, 0.6) is 0 Å². The van der Waals surface area contributed by atoms with Crippen LogP contribution in [0.15, 0.2) is 53.7 Å². The van der Waals surface area contributed by atoms with Crippen LogP contribution < -0.4 is 4.73 Å². The molecule has 17 heavy (non-hydrogen) atoms. The predicted molar refractivity (Wildman–Crippen MR) is 66.7 cm³/mol. The van der Waals surface area contributed by atoms with E-state index in [1.54, 1.807) is 18.2 Å². The summed E-state index contributed by atoms with van der Waals surface area (Å²) in [6.45, 7) is 2.00. The molecule has 0 spiro atoms. The molecule has 0 aliphatic rings. The van der Waals surface area contributed by atoms with Crippen LogP contribution in [0.4, 0.5) is 0 Å². The summed E-state index contributed by atoms with van der Waals surface area (Å²) in [4.78, 5) is 0. The van der Waals surface area contributed by atoms with Gasteiger partial charge in [0.15, 0.2) is 6.20 Å². The Balaban J connectivity index is 2.17. The number of hydrogen-bond acceptors (Lipinski definition) is 2. The first-order chi connectivity index (χ1) is 8.16. The zero-order chi connectivity index (χ0) is 12.3. The molecule has 0 aliphatic carbocycles. The average Bonchev–Trinajstić information content (AvgIpc) is 2.32. The molecule has 0 amide bonds. The molecule has 4 heteroatoms. The van der Waals surface area contributed by atoms with E-state index < -0.39 is 10.8 Å². The van der Waals surface area contributed by atoms with Gasteiger partial charge in [0.1, 0.15) is 10.8 Å². The molecule has 1 heterocycles. The van der Waals surface area contributed by atoms with E-state index >= 15 is 0 Å². The van der Waals surface area contributed by atoms with Crippen LogP contribution in [-0.4, -0.2) is 4.21 Å². The summed E-state index contributed by atoms with van der Waals surface area (Å²) in [5, 5.41) is 11.7. The molecular formula is C13H13NO2S. The molecule has 2 rings (SSSR count). The van der Waals surface area contributed by atoms with Crippen LogP contribution in [0, 0.1) is 12.1 Å². The number of aromatic nitrogens is 1. The van der Waals surface area contributed by atoms with Gasteiger partial charge >= 0.3 is 0 Å². The van der Waals surface area contributed by atoms with Crippen molar-refractivity contribution in [1.82, 2.24) is 0 Å². The van der Waals surface area contributed by atoms with Crippen LogP contribution in [-0.2, 0) is 16.6 Å². The van der Waals surface area contributed by atoms with E-state index in [9.17, 15) is 9.42 Å². The highest BCUT2D eigenvalue weighted by Gasteiger charge is 2.13. The number of benzene rings is 1. The minimum Gasteiger partial charge on any atom is -0.618 e. The molecule has 1 unspecified atom stereocenters. The molecule has 2 aromatic rings. The second-order valence-corrected chi connectivity index (χ2v) is 5.24. The van der Waals surface area contributed by atoms with E-state index in [0.717, 1.165) is 11.1 Å². The Labute approximate surface area is 103 Å². The highest BCUT2D eigenvalue weighted by atomic mass is 32.2. The second-order valence-electron chi connectivity index (χ2n) is 3.84. The summed E-state index contributed by atoms with van der Waals surface area (Å²) in [5.41, 5.74) is 2.14. The van der Waals surface area contributed by atoms with Crippen molar-refractivity contribution in [3.05, 3.63) is 65.0 Å². The molecule has 0 saturated heterocycles. The average molecular weight is 247 g/mol. The molecule has 3 nitrogen and oxygen atoms in total. The standard InChI is InChI=1S/C13H13NO2S/c1-11-5-7-12(8-6-11)10-17(16)13-4-2-3-9-14(13)15/h2-9H,10H2,1H3. The third-order valence-electron chi connectivity index (χ3n) is 2.44. The van der Waals surface area contributed by atoms with Gasteiger partial charge in [-0.3, -0.25) is 0 Å². The van der Waals surface area contributed by atoms with E-state index in [0.29, 0.717) is 15.5 Å². The van der Waals surface area contributed by atoms with Gasteiger partial charge in [-0.2, -0.15) is 4.73 Å². The summed E-state index contributed by atoms with van der Waals surface area (Å²) < 4.78 is 12.7. The number of nitrogens with zero attached hydrogens (tertiary/aromatic N) is 1. The third kappa shape index (κ3) is 2.91. The maximum atomic E-state index is 12.0. The van der Waals surface area contributed by atoms with E-state index in [4.69, 9.17) is 0 Å². The van der Waals surface area contributed by atoms with Gasteiger partial charge in [0, 0.05) is 12.1 Å². The SMILES string of the molecule is Cc1ccc(CS(=O)c2cccc[n+]2[O-])cc1. The lowest BCUT2D eigenvalue weighted by atomic mass is 10.2. The van der Waals surface area contributed by atoms with Crippen molar-refractivity contribution in [2.24, 2.45) is 0 Å². The van der Waals surface area contributed by atoms with Crippen molar-refractivity contribution >= 4 is 10.8 Å². The van der Waals surface area contributed by atoms with Gasteiger partial charge in [-0.05, 0) is 18.6 Å². The van der Waals surface area contributed by atoms with Crippen molar-refractivity contribution < 1.29 is 8.94 Å². The van der Waals surface area contributed by atoms with Crippen LogP contribution in [0.1, 0.15) is 11.1 Å². The fraction of sp³-hybridized carbons (Fsp3) is 0.154. The summed E-state index contributed by atoms with van der Waals surface area (Å²) in [6, 6.07) is 12.8. The first-order valence-corrected chi connectivity index (χ1v) is 6.61. The Bertz CT molecular complexity index is 537. The number of aryl methyl sites for hydroxylation is 1. The Kier molecular flexibility index (Phi) is 3.54. The van der Waals surface area contributed by atoms with Crippen molar-refractivity contribution in [3.8, 4) is 0 Å². The van der Waals surface area contributed by atoms with E-state index in [1.165, 1.54) is 6.20 Å². The van der Waals surface area contributed by atoms with Gasteiger partial charge in [-0.15, -0.1) is 0 Å². The zero-order valence-electron chi connectivity index (χ0n) is 9.50. The highest BCUT2D eigenvalue weighted by molar-refractivity contribution is 7.84. The minimum absolute atomic E-state index is 0.299. The van der Waals surface area contributed by atoms with E-state index in [2.05, 4.69) is 0 Å². The molecular weight excluding hydrogens is 234 g/mol. The largest absolute Gasteiger partial charge is 0.618 e. The summed E-state index contributed by atoms with van der Waals surface area (Å²) in [6.07, 6.45) is 1.36. The monoisotopic (exact) mass is 247 g/mol. The minimum atomic E-state index is -1.30. The highest BCUT2D eigenvalue weighted by Crippen LogP contribution is 2.10. The predicted octanol–water partition coefficient (Wildman–Crippen LogP) is 1.94. The van der Waals surface area contributed by atoms with Gasteiger partial charge < -0.3 is 5.21 Å². The fourth-order valence-corrected chi connectivity index (χ4v) is 2.63. The van der Waals surface area contributed by atoms with Crippen LogP contribution in [0.25, 0.3) is 0 Å². The Morgan fingerprint density at radius 3 is 2.53 bits per heavy atom. The number of hydrogen-bond donors (Lipinski definition) is 0. The first kappa shape index (κ1) is 11.8. The molecule has 1 atom stereocenters.